The molecule has 2 fully saturated rings. The van der Waals surface area contributed by atoms with Gasteiger partial charge in [0.2, 0.25) is 0 Å². The van der Waals surface area contributed by atoms with Crippen LogP contribution in [0.2, 0.25) is 0 Å². The Hall–Kier alpha value is -1.14. The summed E-state index contributed by atoms with van der Waals surface area (Å²) in [6.07, 6.45) is 5.82. The van der Waals surface area contributed by atoms with Crippen molar-refractivity contribution in [3.05, 3.63) is 11.1 Å². The van der Waals surface area contributed by atoms with Gasteiger partial charge in [-0.2, -0.15) is 0 Å². The minimum Gasteiger partial charge on any atom is -0.481 e. The molecule has 110 valence electrons. The van der Waals surface area contributed by atoms with Crippen molar-refractivity contribution in [3.8, 4) is 0 Å². The number of carbonyl (C=O) groups is 1. The van der Waals surface area contributed by atoms with Gasteiger partial charge < -0.3 is 10.4 Å². The van der Waals surface area contributed by atoms with Crippen molar-refractivity contribution in [3.63, 3.8) is 0 Å². The summed E-state index contributed by atoms with van der Waals surface area (Å²) >= 11 is 1.59. The zero-order chi connectivity index (χ0) is 13.9. The molecule has 2 atom stereocenters. The molecule has 2 saturated heterocycles. The molecule has 1 aromatic rings. The van der Waals surface area contributed by atoms with Crippen LogP contribution < -0.4 is 5.32 Å². The van der Waals surface area contributed by atoms with Gasteiger partial charge in [-0.05, 0) is 25.8 Å². The second-order valence-corrected chi connectivity index (χ2v) is 6.53. The van der Waals surface area contributed by atoms with Crippen molar-refractivity contribution >= 4 is 22.4 Å². The summed E-state index contributed by atoms with van der Waals surface area (Å²) < 4.78 is 0. The minimum atomic E-state index is -0.763. The van der Waals surface area contributed by atoms with Crippen molar-refractivity contribution < 1.29 is 9.90 Å². The molecule has 2 unspecified atom stereocenters. The van der Waals surface area contributed by atoms with E-state index in [1.54, 1.807) is 11.3 Å². The van der Waals surface area contributed by atoms with E-state index in [2.05, 4.69) is 15.2 Å². The van der Waals surface area contributed by atoms with Crippen LogP contribution in [0.3, 0.4) is 0 Å². The summed E-state index contributed by atoms with van der Waals surface area (Å²) in [4.78, 5) is 17.7. The summed E-state index contributed by atoms with van der Waals surface area (Å²) in [7, 11) is 0. The van der Waals surface area contributed by atoms with Gasteiger partial charge >= 0.3 is 5.97 Å². The van der Waals surface area contributed by atoms with Crippen molar-refractivity contribution in [2.24, 2.45) is 0 Å². The average Bonchev–Trinajstić information content (AvgIpc) is 3.05. The number of carboxylic acid groups (broad SMARTS) is 1. The quantitative estimate of drug-likeness (QED) is 0.872. The number of fused-ring (bicyclic) bond motifs is 1. The zero-order valence-corrected chi connectivity index (χ0v) is 12.4. The van der Waals surface area contributed by atoms with E-state index in [0.29, 0.717) is 18.5 Å². The molecule has 1 aromatic heterocycles. The van der Waals surface area contributed by atoms with Crippen LogP contribution in [0.1, 0.15) is 37.8 Å². The van der Waals surface area contributed by atoms with E-state index in [4.69, 9.17) is 5.11 Å². The monoisotopic (exact) mass is 295 g/mol. The van der Waals surface area contributed by atoms with Crippen LogP contribution in [-0.2, 0) is 11.2 Å². The molecule has 0 bridgehead atoms. The van der Waals surface area contributed by atoms with Crippen molar-refractivity contribution in [1.29, 1.82) is 0 Å². The second-order valence-electron chi connectivity index (χ2n) is 5.68. The van der Waals surface area contributed by atoms with Crippen LogP contribution in [0.5, 0.6) is 0 Å². The number of anilines is 1. The van der Waals surface area contributed by atoms with Gasteiger partial charge in [-0.25, -0.2) is 4.98 Å². The molecule has 3 rings (SSSR count). The lowest BCUT2D eigenvalue weighted by molar-refractivity contribution is -0.136. The normalized spacial score (nSPS) is 26.4. The third kappa shape index (κ3) is 3.12. The smallest absolute Gasteiger partial charge is 0.303 e. The minimum absolute atomic E-state index is 0.156. The van der Waals surface area contributed by atoms with E-state index in [0.717, 1.165) is 10.8 Å². The predicted octanol–water partition coefficient (Wildman–Crippen LogP) is 2.20. The zero-order valence-electron chi connectivity index (χ0n) is 11.5. The Morgan fingerprint density at radius 2 is 2.35 bits per heavy atom. The highest BCUT2D eigenvalue weighted by atomic mass is 32.1. The first-order valence-corrected chi connectivity index (χ1v) is 8.27. The van der Waals surface area contributed by atoms with Gasteiger partial charge in [0, 0.05) is 30.4 Å². The lowest BCUT2D eigenvalue weighted by Gasteiger charge is -2.32. The van der Waals surface area contributed by atoms with Gasteiger partial charge in [-0.1, -0.05) is 6.42 Å². The van der Waals surface area contributed by atoms with Crippen molar-refractivity contribution in [2.45, 2.75) is 50.6 Å². The van der Waals surface area contributed by atoms with E-state index in [1.165, 1.54) is 38.8 Å². The highest BCUT2D eigenvalue weighted by Crippen LogP contribution is 2.30. The van der Waals surface area contributed by atoms with E-state index in [1.807, 2.05) is 5.38 Å². The predicted molar refractivity (Wildman–Crippen MR) is 79.3 cm³/mol. The first kappa shape index (κ1) is 13.8. The number of nitrogens with one attached hydrogen (secondary N) is 1. The fraction of sp³-hybridized carbons (Fsp3) is 0.714. The van der Waals surface area contributed by atoms with E-state index < -0.39 is 5.97 Å². The Morgan fingerprint density at radius 3 is 3.20 bits per heavy atom. The molecular weight excluding hydrogens is 274 g/mol. The second kappa shape index (κ2) is 6.10. The first-order chi connectivity index (χ1) is 9.72. The largest absolute Gasteiger partial charge is 0.481 e. The Bertz CT molecular complexity index is 477. The third-order valence-corrected chi connectivity index (χ3v) is 5.13. The Morgan fingerprint density at radius 1 is 1.45 bits per heavy atom. The highest BCUT2D eigenvalue weighted by Gasteiger charge is 2.35. The van der Waals surface area contributed by atoms with Crippen LogP contribution >= 0.6 is 11.3 Å². The van der Waals surface area contributed by atoms with E-state index in [9.17, 15) is 4.79 Å². The van der Waals surface area contributed by atoms with Crippen LogP contribution in [0, 0.1) is 0 Å². The lowest BCUT2D eigenvalue weighted by atomic mass is 9.99. The molecule has 2 N–H and O–H groups in total. The molecule has 3 heterocycles. The molecule has 0 amide bonds. The first-order valence-electron chi connectivity index (χ1n) is 7.39. The number of hydrogen-bond acceptors (Lipinski definition) is 5. The van der Waals surface area contributed by atoms with Crippen LogP contribution in [-0.4, -0.2) is 46.1 Å². The standard InChI is InChI=1S/C14H21N3O2S/c18-13(19)5-4-10-9-20-14(15-10)16-11-6-8-17-7-2-1-3-12(11)17/h9,11-12H,1-8H2,(H,15,16)(H,18,19). The molecule has 0 spiro atoms. The maximum Gasteiger partial charge on any atom is 0.303 e. The Kier molecular flexibility index (Phi) is 4.21. The lowest BCUT2D eigenvalue weighted by Crippen LogP contribution is -2.41. The molecule has 2 aliphatic heterocycles. The Labute approximate surface area is 123 Å². The number of rotatable bonds is 5. The number of aliphatic carboxylic acids is 1. The van der Waals surface area contributed by atoms with Crippen LogP contribution in [0.4, 0.5) is 5.13 Å². The van der Waals surface area contributed by atoms with Gasteiger partial charge in [0.25, 0.3) is 0 Å². The molecule has 0 aliphatic carbocycles. The number of piperidine rings is 1. The SMILES string of the molecule is O=C(O)CCc1csc(NC2CCN3CCCCC23)n1. The topological polar surface area (TPSA) is 65.5 Å². The van der Waals surface area contributed by atoms with Gasteiger partial charge in [0.1, 0.15) is 0 Å². The van der Waals surface area contributed by atoms with E-state index >= 15 is 0 Å². The van der Waals surface area contributed by atoms with Gasteiger partial charge in [-0.3, -0.25) is 9.69 Å². The maximum absolute atomic E-state index is 10.6. The number of thiazole rings is 1. The number of carboxylic acids is 1. The average molecular weight is 295 g/mol. The van der Waals surface area contributed by atoms with E-state index in [-0.39, 0.29) is 6.42 Å². The Balaban J connectivity index is 1.56. The van der Waals surface area contributed by atoms with Gasteiger partial charge in [0.05, 0.1) is 12.1 Å². The summed E-state index contributed by atoms with van der Waals surface area (Å²) in [5.74, 6) is -0.763. The number of hydrogen-bond donors (Lipinski definition) is 2. The number of aromatic nitrogens is 1. The molecule has 6 heteroatoms. The third-order valence-electron chi connectivity index (χ3n) is 4.31. The van der Waals surface area contributed by atoms with Crippen molar-refractivity contribution in [1.82, 2.24) is 9.88 Å². The highest BCUT2D eigenvalue weighted by molar-refractivity contribution is 7.13. The summed E-state index contributed by atoms with van der Waals surface area (Å²) in [6, 6.07) is 1.17. The summed E-state index contributed by atoms with van der Waals surface area (Å²) in [5.41, 5.74) is 0.887. The van der Waals surface area contributed by atoms with Gasteiger partial charge in [0.15, 0.2) is 5.13 Å². The fourth-order valence-electron chi connectivity index (χ4n) is 3.30. The molecule has 2 aliphatic rings. The molecule has 0 saturated carbocycles. The van der Waals surface area contributed by atoms with Crippen LogP contribution in [0.25, 0.3) is 0 Å². The molecule has 5 nitrogen and oxygen atoms in total. The van der Waals surface area contributed by atoms with Crippen molar-refractivity contribution in [2.75, 3.05) is 18.4 Å². The molecule has 20 heavy (non-hydrogen) atoms. The number of nitrogens with zero attached hydrogens (tertiary/aromatic N) is 2. The molecule has 0 aromatic carbocycles. The fourth-order valence-corrected chi connectivity index (χ4v) is 4.11. The maximum atomic E-state index is 10.6. The number of aryl methyl sites for hydroxylation is 1. The summed E-state index contributed by atoms with van der Waals surface area (Å²) in [5, 5.41) is 15.2. The molecule has 0 radical (unpaired) electrons. The van der Waals surface area contributed by atoms with Crippen LogP contribution in [0.15, 0.2) is 5.38 Å². The summed E-state index contributed by atoms with van der Waals surface area (Å²) in [6.45, 7) is 2.43. The van der Waals surface area contributed by atoms with Gasteiger partial charge in [-0.15, -0.1) is 11.3 Å². The molecular formula is C14H21N3O2S.